The number of rotatable bonds is 1. The second-order valence-corrected chi connectivity index (χ2v) is 8.24. The molecule has 4 aliphatic rings. The van der Waals surface area contributed by atoms with Gasteiger partial charge in [-0.15, -0.1) is 0 Å². The van der Waals surface area contributed by atoms with Gasteiger partial charge in [0.15, 0.2) is 17.3 Å². The summed E-state index contributed by atoms with van der Waals surface area (Å²) in [7, 11) is 3.57. The number of amides is 1. The Bertz CT molecular complexity index is 878. The molecule has 1 unspecified atom stereocenters. The number of carbonyl (C=O) groups is 2. The van der Waals surface area contributed by atoms with Crippen molar-refractivity contribution < 1.29 is 19.4 Å². The van der Waals surface area contributed by atoms with Crippen LogP contribution in [0.5, 0.6) is 11.5 Å². The van der Waals surface area contributed by atoms with Gasteiger partial charge < -0.3 is 19.6 Å². The number of phenolic OH excluding ortho intramolecular Hbond substituents is 1. The van der Waals surface area contributed by atoms with E-state index in [1.807, 2.05) is 19.1 Å². The minimum absolute atomic E-state index is 0.0548. The van der Waals surface area contributed by atoms with E-state index in [-0.39, 0.29) is 29.4 Å². The molecule has 3 fully saturated rings. The number of aromatic hydroxyl groups is 1. The molecule has 1 amide bonds. The molecule has 1 spiro atoms. The molecule has 2 saturated heterocycles. The number of hydrogen-bond acceptors (Lipinski definition) is 5. The molecule has 1 N–H and O–H groups in total. The number of nitrogens with zero attached hydrogens (tertiary/aromatic N) is 2. The van der Waals surface area contributed by atoms with E-state index in [0.29, 0.717) is 17.9 Å². The van der Waals surface area contributed by atoms with Crippen molar-refractivity contribution in [3.05, 3.63) is 29.3 Å². The molecular weight excluding hydrogens is 356 g/mol. The fourth-order valence-corrected chi connectivity index (χ4v) is 5.59. The monoisotopic (exact) mass is 384 g/mol. The zero-order chi connectivity index (χ0) is 20.2. The van der Waals surface area contributed by atoms with Gasteiger partial charge in [-0.1, -0.05) is 12.1 Å². The maximum absolute atomic E-state index is 13.9. The third kappa shape index (κ3) is 2.37. The summed E-state index contributed by atoms with van der Waals surface area (Å²) >= 11 is 0. The molecule has 0 radical (unpaired) electrons. The highest BCUT2D eigenvalue weighted by atomic mass is 16.5. The van der Waals surface area contributed by atoms with Crippen LogP contribution in [0, 0.1) is 5.92 Å². The van der Waals surface area contributed by atoms with Crippen molar-refractivity contribution in [3.63, 3.8) is 0 Å². The molecule has 1 aromatic rings. The van der Waals surface area contributed by atoms with Crippen molar-refractivity contribution in [2.24, 2.45) is 5.92 Å². The van der Waals surface area contributed by atoms with Gasteiger partial charge in [0.05, 0.1) is 24.3 Å². The molecule has 1 saturated carbocycles. The number of benzene rings is 1. The fourth-order valence-electron chi connectivity index (χ4n) is 5.59. The van der Waals surface area contributed by atoms with Crippen LogP contribution in [-0.4, -0.2) is 55.0 Å². The molecule has 2 bridgehead atoms. The minimum atomic E-state index is -0.818. The van der Waals surface area contributed by atoms with Crippen molar-refractivity contribution in [2.75, 3.05) is 32.1 Å². The van der Waals surface area contributed by atoms with Crippen LogP contribution >= 0.6 is 0 Å². The number of carbonyl (C=O) groups excluding carboxylic acids is 2. The molecule has 3 atom stereocenters. The minimum Gasteiger partial charge on any atom is -0.503 e. The Balaban J connectivity index is 2.02. The summed E-state index contributed by atoms with van der Waals surface area (Å²) in [5, 5.41) is 10.9. The van der Waals surface area contributed by atoms with E-state index < -0.39 is 5.41 Å². The largest absolute Gasteiger partial charge is 0.503 e. The normalized spacial score (nSPS) is 31.2. The number of ether oxygens (including phenoxy) is 1. The molecule has 28 heavy (non-hydrogen) atoms. The number of methoxy groups -OCH3 is 1. The standard InChI is InChI=1S/C22H28N2O4/c1-5-15-14-8-10-23(3)11-9-22(21(15)27)16-6-7-17(28-4)20(26)19(16)24(13(2)25)18(22)12-14/h5-7,14,18,26H,8-12H2,1-4H3/b15-5+/t14-,18?,22-/m1/s1. The maximum atomic E-state index is 13.9. The van der Waals surface area contributed by atoms with Gasteiger partial charge in [0.25, 0.3) is 0 Å². The predicted octanol–water partition coefficient (Wildman–Crippen LogP) is 2.63. The zero-order valence-corrected chi connectivity index (χ0v) is 17.0. The summed E-state index contributed by atoms with van der Waals surface area (Å²) in [5.74, 6) is 0.344. The Hall–Kier alpha value is -2.34. The zero-order valence-electron chi connectivity index (χ0n) is 17.0. The van der Waals surface area contributed by atoms with Crippen LogP contribution in [0.25, 0.3) is 0 Å². The second kappa shape index (κ2) is 6.62. The first-order valence-corrected chi connectivity index (χ1v) is 9.96. The van der Waals surface area contributed by atoms with Gasteiger partial charge >= 0.3 is 0 Å². The van der Waals surface area contributed by atoms with Crippen molar-refractivity contribution in [3.8, 4) is 11.5 Å². The lowest BCUT2D eigenvalue weighted by Gasteiger charge is -2.44. The molecule has 6 nitrogen and oxygen atoms in total. The van der Waals surface area contributed by atoms with E-state index in [4.69, 9.17) is 4.74 Å². The van der Waals surface area contributed by atoms with Crippen LogP contribution < -0.4 is 9.64 Å². The number of allylic oxidation sites excluding steroid dienone is 2. The van der Waals surface area contributed by atoms with Crippen molar-refractivity contribution >= 4 is 17.4 Å². The molecule has 0 aromatic heterocycles. The summed E-state index contributed by atoms with van der Waals surface area (Å²) in [6.07, 6.45) is 4.20. The van der Waals surface area contributed by atoms with Crippen LogP contribution in [-0.2, 0) is 15.0 Å². The Labute approximate surface area is 165 Å². The Morgan fingerprint density at radius 1 is 1.36 bits per heavy atom. The first-order chi connectivity index (χ1) is 13.4. The Morgan fingerprint density at radius 2 is 2.11 bits per heavy atom. The first kappa shape index (κ1) is 19.0. The van der Waals surface area contributed by atoms with Gasteiger partial charge in [-0.05, 0) is 69.4 Å². The Morgan fingerprint density at radius 3 is 2.75 bits per heavy atom. The highest BCUT2D eigenvalue weighted by molar-refractivity contribution is 6.12. The van der Waals surface area contributed by atoms with Crippen molar-refractivity contribution in [2.45, 2.75) is 44.6 Å². The lowest BCUT2D eigenvalue weighted by molar-refractivity contribution is -0.124. The predicted molar refractivity (Wildman–Crippen MR) is 107 cm³/mol. The average Bonchev–Trinajstić information content (AvgIpc) is 3.00. The third-order valence-electron chi connectivity index (χ3n) is 6.95. The van der Waals surface area contributed by atoms with Crippen LogP contribution in [0.1, 0.15) is 38.7 Å². The van der Waals surface area contributed by atoms with Crippen LogP contribution in [0.15, 0.2) is 23.8 Å². The SMILES string of the molecule is C/C=C1/C(=O)[C@@]23CCN(C)CC[C@@H]1CC2N(C(C)=O)c1c3ccc(OC)c1O. The molecular formula is C22H28N2O4. The van der Waals surface area contributed by atoms with Gasteiger partial charge in [-0.25, -0.2) is 0 Å². The molecule has 1 aromatic carbocycles. The van der Waals surface area contributed by atoms with Gasteiger partial charge in [0, 0.05) is 6.92 Å². The van der Waals surface area contributed by atoms with Crippen molar-refractivity contribution in [1.82, 2.24) is 4.90 Å². The maximum Gasteiger partial charge on any atom is 0.224 e. The lowest BCUT2D eigenvalue weighted by Crippen LogP contribution is -2.56. The smallest absolute Gasteiger partial charge is 0.224 e. The second-order valence-electron chi connectivity index (χ2n) is 8.24. The van der Waals surface area contributed by atoms with E-state index in [2.05, 4.69) is 11.9 Å². The van der Waals surface area contributed by atoms with Crippen LogP contribution in [0.4, 0.5) is 5.69 Å². The Kier molecular flexibility index (Phi) is 4.49. The van der Waals surface area contributed by atoms with Gasteiger partial charge in [-0.2, -0.15) is 0 Å². The van der Waals surface area contributed by atoms with E-state index in [0.717, 1.165) is 37.1 Å². The van der Waals surface area contributed by atoms with Crippen LogP contribution in [0.3, 0.4) is 0 Å². The number of phenols is 1. The molecule has 3 heterocycles. The number of ketones is 1. The van der Waals surface area contributed by atoms with Gasteiger partial charge in [0.1, 0.15) is 0 Å². The van der Waals surface area contributed by atoms with Gasteiger partial charge in [-0.3, -0.25) is 9.59 Å². The topological polar surface area (TPSA) is 70.1 Å². The molecule has 6 heteroatoms. The highest BCUT2D eigenvalue weighted by Crippen LogP contribution is 2.59. The molecule has 150 valence electrons. The summed E-state index contributed by atoms with van der Waals surface area (Å²) in [4.78, 5) is 30.6. The van der Waals surface area contributed by atoms with E-state index in [1.165, 1.54) is 14.0 Å². The lowest BCUT2D eigenvalue weighted by atomic mass is 9.60. The molecule has 5 rings (SSSR count). The van der Waals surface area contributed by atoms with Crippen molar-refractivity contribution in [1.29, 1.82) is 0 Å². The average molecular weight is 384 g/mol. The van der Waals surface area contributed by atoms with E-state index >= 15 is 0 Å². The number of hydrogen-bond donors (Lipinski definition) is 1. The number of Topliss-reactive ketones (excluding diaryl/α,β-unsaturated/α-hetero) is 1. The number of fused-ring (bicyclic) bond motifs is 6. The summed E-state index contributed by atoms with van der Waals surface area (Å²) in [6, 6.07) is 3.30. The van der Waals surface area contributed by atoms with Gasteiger partial charge in [0.2, 0.25) is 5.91 Å². The molecule has 3 aliphatic heterocycles. The summed E-state index contributed by atoms with van der Waals surface area (Å²) < 4.78 is 5.29. The van der Waals surface area contributed by atoms with E-state index in [9.17, 15) is 14.7 Å². The highest BCUT2D eigenvalue weighted by Gasteiger charge is 2.61. The first-order valence-electron chi connectivity index (χ1n) is 9.96. The quantitative estimate of drug-likeness (QED) is 0.754. The number of anilines is 1. The van der Waals surface area contributed by atoms with E-state index in [1.54, 1.807) is 11.0 Å². The van der Waals surface area contributed by atoms with Crippen LogP contribution in [0.2, 0.25) is 0 Å². The third-order valence-corrected chi connectivity index (χ3v) is 6.95. The summed E-state index contributed by atoms with van der Waals surface area (Å²) in [6.45, 7) is 5.14. The molecule has 1 aliphatic carbocycles. The fraction of sp³-hybridized carbons (Fsp3) is 0.545. The summed E-state index contributed by atoms with van der Waals surface area (Å²) in [5.41, 5.74) is 1.26.